The summed E-state index contributed by atoms with van der Waals surface area (Å²) in [5.74, 6) is -1.08. The summed E-state index contributed by atoms with van der Waals surface area (Å²) in [5, 5.41) is 12.2. The Morgan fingerprint density at radius 3 is 2.35 bits per heavy atom. The average molecular weight is 425 g/mol. The van der Waals surface area contributed by atoms with Crippen molar-refractivity contribution >= 4 is 39.5 Å². The number of carboxylic acid groups (broad SMARTS) is 1. The molecule has 0 amide bonds. The second kappa shape index (κ2) is 6.81. The summed E-state index contributed by atoms with van der Waals surface area (Å²) in [6, 6.07) is 9.43. The second-order valence-electron chi connectivity index (χ2n) is 6.43. The van der Waals surface area contributed by atoms with E-state index in [-0.39, 0.29) is 0 Å². The number of benzene rings is 1. The molecule has 2 bridgehead atoms. The number of carbonyl (C=O) groups excluding carboxylic acids is 1. The van der Waals surface area contributed by atoms with Crippen LogP contribution in [-0.4, -0.2) is 39.5 Å². The SMILES string of the molecule is CI.CN1[C@@H]2CC[C@H]1CC(n1cc(C(=O)[O-])c3ccccc31)C2. The van der Waals surface area contributed by atoms with Gasteiger partial charge in [0, 0.05) is 40.8 Å². The number of rotatable bonds is 2. The number of fused-ring (bicyclic) bond motifs is 3. The highest BCUT2D eigenvalue weighted by Crippen LogP contribution is 2.41. The Labute approximate surface area is 150 Å². The summed E-state index contributed by atoms with van der Waals surface area (Å²) >= 11 is 2.15. The quantitative estimate of drug-likeness (QED) is 0.549. The van der Waals surface area contributed by atoms with E-state index in [4.69, 9.17) is 0 Å². The van der Waals surface area contributed by atoms with Gasteiger partial charge < -0.3 is 19.4 Å². The largest absolute Gasteiger partial charge is 0.545 e. The molecule has 2 aromatic rings. The zero-order valence-corrected chi connectivity index (χ0v) is 15.7. The Kier molecular flexibility index (Phi) is 4.96. The van der Waals surface area contributed by atoms with Gasteiger partial charge in [0.15, 0.2) is 0 Å². The maximum absolute atomic E-state index is 11.4. The van der Waals surface area contributed by atoms with Crippen LogP contribution in [0.1, 0.15) is 42.1 Å². The topological polar surface area (TPSA) is 48.3 Å². The zero-order chi connectivity index (χ0) is 16.6. The van der Waals surface area contributed by atoms with Crippen molar-refractivity contribution in [2.45, 2.75) is 43.8 Å². The summed E-state index contributed by atoms with van der Waals surface area (Å²) < 4.78 is 2.18. The molecular formula is C18H22IN2O2-. The highest BCUT2D eigenvalue weighted by molar-refractivity contribution is 14.1. The minimum atomic E-state index is -1.08. The van der Waals surface area contributed by atoms with Crippen molar-refractivity contribution in [3.05, 3.63) is 36.0 Å². The summed E-state index contributed by atoms with van der Waals surface area (Å²) in [7, 11) is 2.22. The Morgan fingerprint density at radius 2 is 1.74 bits per heavy atom. The van der Waals surface area contributed by atoms with Crippen LogP contribution in [0.3, 0.4) is 0 Å². The number of hydrogen-bond acceptors (Lipinski definition) is 3. The van der Waals surface area contributed by atoms with Gasteiger partial charge in [-0.3, -0.25) is 0 Å². The molecule has 0 radical (unpaired) electrons. The van der Waals surface area contributed by atoms with E-state index in [2.05, 4.69) is 39.1 Å². The third kappa shape index (κ3) is 2.89. The van der Waals surface area contributed by atoms with Gasteiger partial charge in [-0.15, -0.1) is 0 Å². The molecule has 1 aromatic carbocycles. The first-order chi connectivity index (χ1) is 11.1. The molecule has 23 heavy (non-hydrogen) atoms. The lowest BCUT2D eigenvalue weighted by Crippen LogP contribution is -2.40. The van der Waals surface area contributed by atoms with Crippen molar-refractivity contribution < 1.29 is 9.90 Å². The van der Waals surface area contributed by atoms with Gasteiger partial charge in [0.25, 0.3) is 0 Å². The summed E-state index contributed by atoms with van der Waals surface area (Å²) in [6.07, 6.45) is 6.54. The van der Waals surface area contributed by atoms with E-state index >= 15 is 0 Å². The fraction of sp³-hybridized carbons (Fsp3) is 0.500. The summed E-state index contributed by atoms with van der Waals surface area (Å²) in [4.78, 5) is 15.8. The molecule has 0 aliphatic carbocycles. The molecule has 0 N–H and O–H groups in total. The Morgan fingerprint density at radius 1 is 1.13 bits per heavy atom. The highest BCUT2D eigenvalue weighted by atomic mass is 127. The maximum Gasteiger partial charge on any atom is 0.0736 e. The molecule has 1 unspecified atom stereocenters. The first kappa shape index (κ1) is 16.8. The van der Waals surface area contributed by atoms with E-state index in [1.165, 1.54) is 12.8 Å². The zero-order valence-electron chi connectivity index (χ0n) is 13.5. The van der Waals surface area contributed by atoms with Gasteiger partial charge in [-0.25, -0.2) is 0 Å². The molecule has 3 heterocycles. The molecule has 2 aliphatic rings. The maximum atomic E-state index is 11.4. The first-order valence-corrected chi connectivity index (χ1v) is 10.2. The lowest BCUT2D eigenvalue weighted by atomic mass is 9.97. The van der Waals surface area contributed by atoms with Gasteiger partial charge in [-0.2, -0.15) is 0 Å². The van der Waals surface area contributed by atoms with Crippen LogP contribution in [0.5, 0.6) is 0 Å². The van der Waals surface area contributed by atoms with Crippen LogP contribution in [-0.2, 0) is 0 Å². The molecule has 0 saturated carbocycles. The van der Waals surface area contributed by atoms with Gasteiger partial charge in [0.2, 0.25) is 0 Å². The number of para-hydroxylation sites is 1. The second-order valence-corrected chi connectivity index (χ2v) is 6.43. The van der Waals surface area contributed by atoms with E-state index < -0.39 is 5.97 Å². The van der Waals surface area contributed by atoms with E-state index in [0.29, 0.717) is 23.7 Å². The Balaban J connectivity index is 0.000000753. The number of piperidine rings is 1. The number of aromatic carboxylic acids is 1. The lowest BCUT2D eigenvalue weighted by Gasteiger charge is -2.37. The van der Waals surface area contributed by atoms with Crippen LogP contribution in [0.15, 0.2) is 30.5 Å². The van der Waals surface area contributed by atoms with Crippen molar-refractivity contribution in [1.29, 1.82) is 0 Å². The molecule has 2 fully saturated rings. The number of hydrogen-bond donors (Lipinski definition) is 0. The van der Waals surface area contributed by atoms with Crippen LogP contribution in [0.25, 0.3) is 10.9 Å². The smallest absolute Gasteiger partial charge is 0.0736 e. The Hall–Kier alpha value is -1.08. The minimum Gasteiger partial charge on any atom is -0.545 e. The molecule has 124 valence electrons. The predicted molar refractivity (Wildman–Crippen MR) is 99.1 cm³/mol. The standard InChI is InChI=1S/C17H20N2O2.CH3I/c1-18-11-6-7-12(18)9-13(8-11)19-10-15(17(20)21)14-4-2-3-5-16(14)19;1-2/h2-5,10-13H,6-9H2,1H3,(H,20,21);1H3/p-1/t11-,12+,13?;. The number of carbonyl (C=O) groups is 1. The van der Waals surface area contributed by atoms with E-state index in [1.807, 2.05) is 29.2 Å². The van der Waals surface area contributed by atoms with Crippen molar-refractivity contribution in [1.82, 2.24) is 9.47 Å². The molecule has 2 saturated heterocycles. The number of alkyl halides is 1. The fourth-order valence-corrected chi connectivity index (χ4v) is 4.28. The number of carboxylic acids is 1. The molecule has 4 nitrogen and oxygen atoms in total. The molecule has 1 aromatic heterocycles. The van der Waals surface area contributed by atoms with E-state index in [9.17, 15) is 9.90 Å². The van der Waals surface area contributed by atoms with Crippen LogP contribution in [0, 0.1) is 0 Å². The van der Waals surface area contributed by atoms with E-state index in [1.54, 1.807) is 6.20 Å². The molecule has 3 atom stereocenters. The van der Waals surface area contributed by atoms with Gasteiger partial charge in [-0.1, -0.05) is 40.8 Å². The molecule has 5 heteroatoms. The molecule has 0 spiro atoms. The van der Waals surface area contributed by atoms with Crippen molar-refractivity contribution in [2.75, 3.05) is 12.0 Å². The van der Waals surface area contributed by atoms with Crippen LogP contribution < -0.4 is 5.11 Å². The number of halogens is 1. The first-order valence-electron chi connectivity index (χ1n) is 8.06. The van der Waals surface area contributed by atoms with Crippen molar-refractivity contribution in [3.8, 4) is 0 Å². The monoisotopic (exact) mass is 425 g/mol. The highest BCUT2D eigenvalue weighted by Gasteiger charge is 2.39. The average Bonchev–Trinajstić information content (AvgIpc) is 3.03. The van der Waals surface area contributed by atoms with Gasteiger partial charge in [0.1, 0.15) is 0 Å². The minimum absolute atomic E-state index is 0.317. The predicted octanol–water partition coefficient (Wildman–Crippen LogP) is 2.85. The summed E-state index contributed by atoms with van der Waals surface area (Å²) in [5.41, 5.74) is 1.34. The lowest BCUT2D eigenvalue weighted by molar-refractivity contribution is -0.254. The number of aromatic nitrogens is 1. The van der Waals surface area contributed by atoms with E-state index in [0.717, 1.165) is 23.7 Å². The molecular weight excluding hydrogens is 403 g/mol. The molecule has 4 rings (SSSR count). The Bertz CT molecular complexity index is 698. The third-order valence-electron chi connectivity index (χ3n) is 5.43. The van der Waals surface area contributed by atoms with Crippen LogP contribution in [0.4, 0.5) is 0 Å². The number of nitrogens with zero attached hydrogens (tertiary/aromatic N) is 2. The third-order valence-corrected chi connectivity index (χ3v) is 5.43. The van der Waals surface area contributed by atoms with Crippen molar-refractivity contribution in [2.24, 2.45) is 0 Å². The fourth-order valence-electron chi connectivity index (χ4n) is 4.28. The van der Waals surface area contributed by atoms with Crippen LogP contribution in [0.2, 0.25) is 0 Å². The van der Waals surface area contributed by atoms with Gasteiger partial charge in [-0.05, 0) is 43.7 Å². The summed E-state index contributed by atoms with van der Waals surface area (Å²) in [6.45, 7) is 0. The van der Waals surface area contributed by atoms with Gasteiger partial charge in [0.05, 0.1) is 5.97 Å². The van der Waals surface area contributed by atoms with Crippen molar-refractivity contribution in [3.63, 3.8) is 0 Å². The van der Waals surface area contributed by atoms with Gasteiger partial charge >= 0.3 is 0 Å². The normalized spacial score (nSPS) is 26.8. The van der Waals surface area contributed by atoms with Crippen LogP contribution >= 0.6 is 22.6 Å². The molecule has 2 aliphatic heterocycles.